The molecule has 3 aromatic rings. The van der Waals surface area contributed by atoms with Crippen molar-refractivity contribution in [3.8, 4) is 0 Å². The zero-order valence-corrected chi connectivity index (χ0v) is 32.5. The standard InChI is InChI=1S/C43H45N4O7S/c1-42(2)33-13-9-10-14-35(33)45(5)37(42)24-30(28-15-17-29(18-16-28)41(50)54-6)25-38-43(3,4)34-26-32(55(51,52)53)19-20-36(34)46(38)23-11-7-8-12-31(44)27-47-39(48)21-22-40(47)49/h9-10,13-22,24-26,44H,5,7-8,11-12,23,27H2,1-4,6H3/q+1/b30-25-,37-24-,44-31?. The fourth-order valence-corrected chi connectivity index (χ4v) is 8.17. The molecule has 3 heterocycles. The first kappa shape index (κ1) is 39.1. The van der Waals surface area contributed by atoms with Crippen LogP contribution in [0.25, 0.3) is 5.57 Å². The Morgan fingerprint density at radius 3 is 2.18 bits per heavy atom. The van der Waals surface area contributed by atoms with E-state index in [1.165, 1.54) is 31.4 Å². The molecule has 0 saturated carbocycles. The van der Waals surface area contributed by atoms with Crippen LogP contribution in [-0.2, 0) is 35.3 Å². The Kier molecular flexibility index (Phi) is 10.6. The number of hydrogen-bond acceptors (Lipinski definition) is 8. The Balaban J connectivity index is 1.40. The fourth-order valence-electron chi connectivity index (χ4n) is 7.67. The number of esters is 1. The Bertz CT molecular complexity index is 2360. The van der Waals surface area contributed by atoms with E-state index in [4.69, 9.17) is 10.1 Å². The minimum atomic E-state index is -4.72. The minimum absolute atomic E-state index is 0.0302. The summed E-state index contributed by atoms with van der Waals surface area (Å²) in [4.78, 5) is 37.0. The predicted octanol–water partition coefficient (Wildman–Crippen LogP) is 6.56. The Labute approximate surface area is 321 Å². The minimum Gasteiger partial charge on any atom is -0.744 e. The second-order valence-electron chi connectivity index (χ2n) is 15.1. The lowest BCUT2D eigenvalue weighted by atomic mass is 9.79. The number of hydrogen-bond donors (Lipinski definition) is 1. The van der Waals surface area contributed by atoms with E-state index >= 15 is 0 Å². The van der Waals surface area contributed by atoms with Gasteiger partial charge in [-0.05, 0) is 82.4 Å². The summed E-state index contributed by atoms with van der Waals surface area (Å²) in [6.45, 7) is 13.2. The highest BCUT2D eigenvalue weighted by Gasteiger charge is 2.47. The molecule has 0 spiro atoms. The predicted molar refractivity (Wildman–Crippen MR) is 210 cm³/mol. The van der Waals surface area contributed by atoms with Gasteiger partial charge in [0.25, 0.3) is 11.8 Å². The molecular weight excluding hydrogens is 717 g/mol. The van der Waals surface area contributed by atoms with Crippen molar-refractivity contribution in [3.05, 3.63) is 119 Å². The number of amides is 2. The molecular formula is C43H45N4O7S+. The highest BCUT2D eigenvalue weighted by Crippen LogP contribution is 2.47. The van der Waals surface area contributed by atoms with Gasteiger partial charge in [0.2, 0.25) is 11.4 Å². The van der Waals surface area contributed by atoms with Crippen molar-refractivity contribution in [2.45, 2.75) is 69.1 Å². The lowest BCUT2D eigenvalue weighted by molar-refractivity contribution is -0.438. The van der Waals surface area contributed by atoms with Gasteiger partial charge < -0.3 is 14.7 Å². The van der Waals surface area contributed by atoms with E-state index in [1.807, 2.05) is 48.8 Å². The summed E-state index contributed by atoms with van der Waals surface area (Å²) in [6, 6.07) is 19.8. The van der Waals surface area contributed by atoms with Crippen molar-refractivity contribution >= 4 is 63.0 Å². The molecule has 3 aliphatic rings. The average Bonchev–Trinajstić information content (AvgIpc) is 3.65. The maximum absolute atomic E-state index is 12.4. The molecule has 0 atom stereocenters. The van der Waals surface area contributed by atoms with Gasteiger partial charge in [-0.15, -0.1) is 0 Å². The van der Waals surface area contributed by atoms with E-state index < -0.39 is 38.7 Å². The zero-order chi connectivity index (χ0) is 39.9. The molecule has 0 aromatic heterocycles. The van der Waals surface area contributed by atoms with Gasteiger partial charge in [-0.1, -0.05) is 30.3 Å². The number of nitrogens with zero attached hydrogens (tertiary/aromatic N) is 3. The molecule has 6 rings (SSSR count). The number of fused-ring (bicyclic) bond motifs is 2. The molecule has 0 fully saturated rings. The highest BCUT2D eigenvalue weighted by molar-refractivity contribution is 7.85. The van der Waals surface area contributed by atoms with Crippen molar-refractivity contribution < 1.29 is 41.2 Å². The van der Waals surface area contributed by atoms with Gasteiger partial charge in [-0.25, -0.2) is 13.2 Å². The van der Waals surface area contributed by atoms with Crippen molar-refractivity contribution in [2.24, 2.45) is 0 Å². The van der Waals surface area contributed by atoms with Crippen molar-refractivity contribution in [3.63, 3.8) is 0 Å². The third-order valence-corrected chi connectivity index (χ3v) is 11.6. The van der Waals surface area contributed by atoms with Crippen LogP contribution in [0.5, 0.6) is 0 Å². The van der Waals surface area contributed by atoms with E-state index in [0.29, 0.717) is 42.6 Å². The number of methoxy groups -OCH3 is 1. The largest absolute Gasteiger partial charge is 0.744 e. The molecule has 11 nitrogen and oxygen atoms in total. The lowest BCUT2D eigenvalue weighted by Crippen LogP contribution is -2.34. The number of imide groups is 1. The van der Waals surface area contributed by atoms with Crippen LogP contribution in [0.3, 0.4) is 0 Å². The molecule has 0 aliphatic carbocycles. The summed E-state index contributed by atoms with van der Waals surface area (Å²) in [7, 11) is -3.38. The smallest absolute Gasteiger partial charge is 0.337 e. The van der Waals surface area contributed by atoms with Gasteiger partial charge in [-0.3, -0.25) is 14.5 Å². The van der Waals surface area contributed by atoms with Crippen LogP contribution in [0.2, 0.25) is 0 Å². The summed E-state index contributed by atoms with van der Waals surface area (Å²) in [6.07, 6.45) is 9.18. The second-order valence-corrected chi connectivity index (χ2v) is 16.5. The quantitative estimate of drug-likeness (QED) is 0.0518. The summed E-state index contributed by atoms with van der Waals surface area (Å²) in [5.41, 5.74) is 6.66. The number of para-hydroxylation sites is 1. The molecule has 1 N–H and O–H groups in total. The first-order valence-electron chi connectivity index (χ1n) is 18.1. The molecule has 0 radical (unpaired) electrons. The van der Waals surface area contributed by atoms with E-state index in [1.54, 1.807) is 18.2 Å². The van der Waals surface area contributed by atoms with Crippen LogP contribution in [-0.4, -0.2) is 83.1 Å². The third-order valence-electron chi connectivity index (χ3n) is 10.8. The number of rotatable bonds is 13. The van der Waals surface area contributed by atoms with Gasteiger partial charge in [0.15, 0.2) is 11.4 Å². The molecule has 12 heteroatoms. The Morgan fingerprint density at radius 2 is 1.55 bits per heavy atom. The maximum atomic E-state index is 12.4. The van der Waals surface area contributed by atoms with Gasteiger partial charge in [-0.2, -0.15) is 9.15 Å². The van der Waals surface area contributed by atoms with E-state index in [0.717, 1.165) is 50.8 Å². The number of benzene rings is 3. The van der Waals surface area contributed by atoms with Crippen LogP contribution >= 0.6 is 0 Å². The number of carbonyl (C=O) groups excluding carboxylic acids is 3. The van der Waals surface area contributed by atoms with E-state index in [2.05, 4.69) is 43.4 Å². The summed E-state index contributed by atoms with van der Waals surface area (Å²) in [5.74, 6) is -1.27. The van der Waals surface area contributed by atoms with Gasteiger partial charge in [0.1, 0.15) is 23.4 Å². The van der Waals surface area contributed by atoms with Crippen LogP contribution in [0.4, 0.5) is 11.4 Å². The summed E-state index contributed by atoms with van der Waals surface area (Å²) < 4.78 is 45.6. The van der Waals surface area contributed by atoms with Crippen molar-refractivity contribution in [1.29, 1.82) is 5.41 Å². The van der Waals surface area contributed by atoms with Crippen molar-refractivity contribution in [2.75, 3.05) is 20.2 Å². The molecule has 3 aliphatic heterocycles. The monoisotopic (exact) mass is 761 g/mol. The molecule has 284 valence electrons. The number of carbonyl (C=O) groups is 3. The number of allylic oxidation sites excluding steroid dienone is 4. The molecule has 0 unspecified atom stereocenters. The number of unbranched alkanes of at least 4 members (excludes halogenated alkanes) is 2. The second kappa shape index (κ2) is 14.9. The van der Waals surface area contributed by atoms with E-state index in [9.17, 15) is 27.4 Å². The fraction of sp³-hybridized carbons (Fsp3) is 0.302. The lowest BCUT2D eigenvalue weighted by Gasteiger charge is -2.18. The number of nitrogens with one attached hydrogen (secondary N) is 1. The van der Waals surface area contributed by atoms with Crippen molar-refractivity contribution in [1.82, 2.24) is 4.90 Å². The van der Waals surface area contributed by atoms with Gasteiger partial charge in [0, 0.05) is 59.7 Å². The SMILES string of the molecule is C=[N+]1/C(=C\C(=C\C2=[N+](CCCCCC(=N)CN3C(=O)C=CC3=O)c3ccc(S(=O)(=O)[O-])cc3C2(C)C)c2ccc(C(=O)OC)cc2)C(C)(C)c2ccccc21. The normalized spacial score (nSPS) is 18.0. The Morgan fingerprint density at radius 1 is 0.891 bits per heavy atom. The summed E-state index contributed by atoms with van der Waals surface area (Å²) >= 11 is 0. The number of ether oxygens (including phenoxy) is 1. The first-order valence-corrected chi connectivity index (χ1v) is 19.5. The van der Waals surface area contributed by atoms with Crippen LogP contribution in [0.15, 0.2) is 102 Å². The van der Waals surface area contributed by atoms with Crippen LogP contribution in [0.1, 0.15) is 80.4 Å². The summed E-state index contributed by atoms with van der Waals surface area (Å²) in [5, 5.41) is 8.36. The first-order chi connectivity index (χ1) is 25.9. The molecule has 2 amide bonds. The molecule has 0 bridgehead atoms. The van der Waals surface area contributed by atoms with Gasteiger partial charge >= 0.3 is 5.97 Å². The van der Waals surface area contributed by atoms with Crippen LogP contribution in [0, 0.1) is 5.41 Å². The third kappa shape index (κ3) is 7.56. The van der Waals surface area contributed by atoms with E-state index in [-0.39, 0.29) is 11.4 Å². The van der Waals surface area contributed by atoms with Gasteiger partial charge in [0.05, 0.1) is 34.9 Å². The highest BCUT2D eigenvalue weighted by atomic mass is 32.2. The topological polar surface area (TPSA) is 151 Å². The maximum Gasteiger partial charge on any atom is 0.337 e. The molecule has 3 aromatic carbocycles. The zero-order valence-electron chi connectivity index (χ0n) is 31.7. The Hall–Kier alpha value is -5.59. The molecule has 0 saturated heterocycles. The molecule has 55 heavy (non-hydrogen) atoms. The van der Waals surface area contributed by atoms with Crippen LogP contribution < -0.4 is 0 Å². The average molecular weight is 762 g/mol.